The van der Waals surface area contributed by atoms with Crippen LogP contribution in [-0.2, 0) is 0 Å². The van der Waals surface area contributed by atoms with E-state index in [1.165, 1.54) is 0 Å². The van der Waals surface area contributed by atoms with Crippen molar-refractivity contribution in [3.8, 4) is 17.1 Å². The van der Waals surface area contributed by atoms with Crippen LogP contribution in [0.25, 0.3) is 11.4 Å². The molecule has 0 spiro atoms. The van der Waals surface area contributed by atoms with Gasteiger partial charge in [0.05, 0.1) is 7.11 Å². The quantitative estimate of drug-likeness (QED) is 0.931. The minimum absolute atomic E-state index is 0.407. The van der Waals surface area contributed by atoms with E-state index in [4.69, 9.17) is 9.26 Å². The molecule has 1 aromatic carbocycles. The summed E-state index contributed by atoms with van der Waals surface area (Å²) in [5.74, 6) is 1.42. The maximum absolute atomic E-state index is 5.42. The van der Waals surface area contributed by atoms with Gasteiger partial charge >= 0.3 is 6.01 Å². The molecule has 2 heterocycles. The molecule has 0 amide bonds. The highest BCUT2D eigenvalue weighted by molar-refractivity contribution is 5.57. The van der Waals surface area contributed by atoms with Crippen molar-refractivity contribution in [3.05, 3.63) is 24.3 Å². The van der Waals surface area contributed by atoms with Gasteiger partial charge in [-0.05, 0) is 38.1 Å². The van der Waals surface area contributed by atoms with E-state index in [1.807, 2.05) is 24.3 Å². The smallest absolute Gasteiger partial charge is 0.324 e. The monoisotopic (exact) mass is 288 g/mol. The molecule has 1 aliphatic rings. The second-order valence-corrected chi connectivity index (χ2v) is 5.50. The summed E-state index contributed by atoms with van der Waals surface area (Å²) in [5.41, 5.74) is 0.919. The number of hydrogen-bond acceptors (Lipinski definition) is 6. The number of benzene rings is 1. The van der Waals surface area contributed by atoms with Crippen LogP contribution in [0.1, 0.15) is 13.8 Å². The Balaban J connectivity index is 1.79. The van der Waals surface area contributed by atoms with E-state index in [-0.39, 0.29) is 0 Å². The van der Waals surface area contributed by atoms with Crippen molar-refractivity contribution in [2.75, 3.05) is 25.1 Å². The summed E-state index contributed by atoms with van der Waals surface area (Å²) >= 11 is 0. The van der Waals surface area contributed by atoms with Crippen molar-refractivity contribution in [1.82, 2.24) is 15.5 Å². The number of nitrogens with one attached hydrogen (secondary N) is 1. The van der Waals surface area contributed by atoms with E-state index in [2.05, 4.69) is 34.2 Å². The number of hydrogen-bond donors (Lipinski definition) is 1. The predicted molar refractivity (Wildman–Crippen MR) is 80.6 cm³/mol. The molecule has 0 saturated carbocycles. The van der Waals surface area contributed by atoms with Crippen molar-refractivity contribution in [2.45, 2.75) is 25.9 Å². The van der Waals surface area contributed by atoms with Crippen LogP contribution in [0.15, 0.2) is 28.8 Å². The van der Waals surface area contributed by atoms with Crippen LogP contribution in [0.2, 0.25) is 0 Å². The SMILES string of the molecule is COc1ccc(-c2noc(N3C[C@@H](C)N[C@@H](C)C3)n2)cc1. The van der Waals surface area contributed by atoms with E-state index in [9.17, 15) is 0 Å². The highest BCUT2D eigenvalue weighted by Crippen LogP contribution is 2.23. The standard InChI is InChI=1S/C15H20N4O2/c1-10-8-19(9-11(2)16-10)15-17-14(18-21-15)12-4-6-13(20-3)7-5-12/h4-7,10-11,16H,8-9H2,1-3H3/t10-,11+. The molecule has 21 heavy (non-hydrogen) atoms. The molecule has 1 N–H and O–H groups in total. The Morgan fingerprint density at radius 2 is 1.86 bits per heavy atom. The lowest BCUT2D eigenvalue weighted by Gasteiger charge is -2.34. The molecule has 112 valence electrons. The molecule has 6 heteroatoms. The fourth-order valence-corrected chi connectivity index (χ4v) is 2.68. The molecule has 1 aromatic heterocycles. The fraction of sp³-hybridized carbons (Fsp3) is 0.467. The van der Waals surface area contributed by atoms with Gasteiger partial charge in [0.1, 0.15) is 5.75 Å². The molecule has 0 unspecified atom stereocenters. The van der Waals surface area contributed by atoms with Crippen molar-refractivity contribution in [3.63, 3.8) is 0 Å². The number of methoxy groups -OCH3 is 1. The molecule has 1 aliphatic heterocycles. The molecule has 2 aromatic rings. The van der Waals surface area contributed by atoms with Crippen molar-refractivity contribution in [1.29, 1.82) is 0 Å². The Labute approximate surface area is 124 Å². The third-order valence-corrected chi connectivity index (χ3v) is 3.59. The first-order chi connectivity index (χ1) is 10.2. The first kappa shape index (κ1) is 13.9. The van der Waals surface area contributed by atoms with Gasteiger partial charge < -0.3 is 19.5 Å². The Bertz CT molecular complexity index is 586. The van der Waals surface area contributed by atoms with Gasteiger partial charge in [0.25, 0.3) is 0 Å². The summed E-state index contributed by atoms with van der Waals surface area (Å²) in [7, 11) is 1.65. The predicted octanol–water partition coefficient (Wildman–Crippen LogP) is 1.93. The number of ether oxygens (including phenoxy) is 1. The summed E-state index contributed by atoms with van der Waals surface area (Å²) < 4.78 is 10.6. The van der Waals surface area contributed by atoms with Gasteiger partial charge in [0, 0.05) is 30.7 Å². The van der Waals surface area contributed by atoms with Gasteiger partial charge in [0.2, 0.25) is 5.82 Å². The molecule has 3 rings (SSSR count). The Morgan fingerprint density at radius 3 is 2.48 bits per heavy atom. The summed E-state index contributed by atoms with van der Waals surface area (Å²) in [6.45, 7) is 6.05. The second-order valence-electron chi connectivity index (χ2n) is 5.50. The van der Waals surface area contributed by atoms with Crippen molar-refractivity contribution < 1.29 is 9.26 Å². The van der Waals surface area contributed by atoms with Gasteiger partial charge in [-0.25, -0.2) is 0 Å². The van der Waals surface area contributed by atoms with Gasteiger partial charge in [-0.3, -0.25) is 0 Å². The molecular weight excluding hydrogens is 268 g/mol. The molecule has 2 atom stereocenters. The maximum Gasteiger partial charge on any atom is 0.324 e. The van der Waals surface area contributed by atoms with E-state index in [1.54, 1.807) is 7.11 Å². The second kappa shape index (κ2) is 5.73. The summed E-state index contributed by atoms with van der Waals surface area (Å²) in [5, 5.41) is 7.56. The molecule has 1 saturated heterocycles. The lowest BCUT2D eigenvalue weighted by atomic mass is 10.1. The Kier molecular flexibility index (Phi) is 3.79. The molecule has 6 nitrogen and oxygen atoms in total. The number of rotatable bonds is 3. The highest BCUT2D eigenvalue weighted by Gasteiger charge is 2.25. The summed E-state index contributed by atoms with van der Waals surface area (Å²) in [6.07, 6.45) is 0. The third-order valence-electron chi connectivity index (χ3n) is 3.59. The van der Waals surface area contributed by atoms with E-state index >= 15 is 0 Å². The van der Waals surface area contributed by atoms with Gasteiger partial charge in [-0.1, -0.05) is 5.16 Å². The minimum atomic E-state index is 0.407. The number of nitrogens with zero attached hydrogens (tertiary/aromatic N) is 3. The number of piperazine rings is 1. The van der Waals surface area contributed by atoms with Crippen LogP contribution in [0.4, 0.5) is 6.01 Å². The average Bonchev–Trinajstić information content (AvgIpc) is 2.96. The molecule has 1 fully saturated rings. The lowest BCUT2D eigenvalue weighted by molar-refractivity contribution is 0.360. The zero-order valence-electron chi connectivity index (χ0n) is 12.5. The van der Waals surface area contributed by atoms with Crippen molar-refractivity contribution in [2.24, 2.45) is 0 Å². The Hall–Kier alpha value is -2.08. The minimum Gasteiger partial charge on any atom is -0.497 e. The van der Waals surface area contributed by atoms with Crippen LogP contribution in [0.5, 0.6) is 5.75 Å². The maximum atomic E-state index is 5.42. The first-order valence-corrected chi connectivity index (χ1v) is 7.15. The van der Waals surface area contributed by atoms with E-state index < -0.39 is 0 Å². The number of anilines is 1. The molecular formula is C15H20N4O2. The molecule has 0 radical (unpaired) electrons. The zero-order chi connectivity index (χ0) is 14.8. The van der Waals surface area contributed by atoms with Gasteiger partial charge in [0.15, 0.2) is 0 Å². The van der Waals surface area contributed by atoms with Crippen molar-refractivity contribution >= 4 is 6.01 Å². The van der Waals surface area contributed by atoms with Crippen LogP contribution < -0.4 is 15.0 Å². The third kappa shape index (κ3) is 3.00. The fourth-order valence-electron chi connectivity index (χ4n) is 2.68. The zero-order valence-corrected chi connectivity index (χ0v) is 12.5. The van der Waals surface area contributed by atoms with Gasteiger partial charge in [-0.15, -0.1) is 0 Å². The largest absolute Gasteiger partial charge is 0.497 e. The Morgan fingerprint density at radius 1 is 1.19 bits per heavy atom. The van der Waals surface area contributed by atoms with Crippen LogP contribution in [0, 0.1) is 0 Å². The normalized spacial score (nSPS) is 22.3. The van der Waals surface area contributed by atoms with Crippen LogP contribution in [-0.4, -0.2) is 42.4 Å². The first-order valence-electron chi connectivity index (χ1n) is 7.15. The molecule has 0 aliphatic carbocycles. The van der Waals surface area contributed by atoms with Crippen LogP contribution >= 0.6 is 0 Å². The van der Waals surface area contributed by atoms with E-state index in [0.717, 1.165) is 24.4 Å². The summed E-state index contributed by atoms with van der Waals surface area (Å²) in [4.78, 5) is 6.64. The average molecular weight is 288 g/mol. The van der Waals surface area contributed by atoms with E-state index in [0.29, 0.717) is 23.9 Å². The summed E-state index contributed by atoms with van der Waals surface area (Å²) in [6, 6.07) is 9.03. The number of aromatic nitrogens is 2. The van der Waals surface area contributed by atoms with Crippen LogP contribution in [0.3, 0.4) is 0 Å². The lowest BCUT2D eigenvalue weighted by Crippen LogP contribution is -2.54. The van der Waals surface area contributed by atoms with Gasteiger partial charge in [-0.2, -0.15) is 4.98 Å². The highest BCUT2D eigenvalue weighted by atomic mass is 16.5. The topological polar surface area (TPSA) is 63.4 Å². The molecule has 0 bridgehead atoms.